The SMILES string of the molecule is Cc1cc(Cl)ccc1OCC(=O)N1CCCC2(CCc3cnc(N)nc32)C1. The number of ether oxygens (including phenoxy) is 1. The molecule has 2 N–H and O–H groups in total. The summed E-state index contributed by atoms with van der Waals surface area (Å²) in [6, 6.07) is 5.40. The molecule has 1 spiro atoms. The van der Waals surface area contributed by atoms with Crippen LogP contribution < -0.4 is 10.5 Å². The number of benzene rings is 1. The Kier molecular flexibility index (Phi) is 4.68. The minimum absolute atomic E-state index is 0.00102. The Morgan fingerprint density at radius 1 is 1.41 bits per heavy atom. The van der Waals surface area contributed by atoms with Crippen LogP contribution in [0.4, 0.5) is 5.95 Å². The second-order valence-corrected chi connectivity index (χ2v) is 7.94. The van der Waals surface area contributed by atoms with Crippen molar-refractivity contribution in [2.75, 3.05) is 25.4 Å². The van der Waals surface area contributed by atoms with Crippen LogP contribution >= 0.6 is 11.6 Å². The number of likely N-dealkylation sites (tertiary alicyclic amines) is 1. The summed E-state index contributed by atoms with van der Waals surface area (Å²) in [5, 5.41) is 0.658. The lowest BCUT2D eigenvalue weighted by atomic mass is 9.77. The highest BCUT2D eigenvalue weighted by molar-refractivity contribution is 6.30. The molecule has 1 unspecified atom stereocenters. The third-order valence-corrected chi connectivity index (χ3v) is 5.91. The first-order valence-electron chi connectivity index (χ1n) is 9.25. The van der Waals surface area contributed by atoms with Crippen molar-refractivity contribution in [2.45, 2.75) is 38.0 Å². The minimum Gasteiger partial charge on any atom is -0.483 e. The quantitative estimate of drug-likeness (QED) is 0.877. The molecule has 1 atom stereocenters. The molecule has 2 aromatic rings. The topological polar surface area (TPSA) is 81.3 Å². The molecule has 1 aliphatic carbocycles. The van der Waals surface area contributed by atoms with E-state index in [4.69, 9.17) is 22.1 Å². The molecular formula is C20H23ClN4O2. The maximum Gasteiger partial charge on any atom is 0.260 e. The maximum absolute atomic E-state index is 12.8. The lowest BCUT2D eigenvalue weighted by Crippen LogP contribution is -2.49. The number of fused-ring (bicyclic) bond motifs is 2. The summed E-state index contributed by atoms with van der Waals surface area (Å²) in [4.78, 5) is 23.3. The molecule has 2 heterocycles. The van der Waals surface area contributed by atoms with Crippen LogP contribution in [0.25, 0.3) is 0 Å². The molecule has 6 nitrogen and oxygen atoms in total. The van der Waals surface area contributed by atoms with Gasteiger partial charge in [0.05, 0.1) is 5.69 Å². The van der Waals surface area contributed by atoms with E-state index < -0.39 is 0 Å². The highest BCUT2D eigenvalue weighted by atomic mass is 35.5. The molecule has 2 aliphatic rings. The number of hydrogen-bond donors (Lipinski definition) is 1. The molecule has 1 aromatic heterocycles. The van der Waals surface area contributed by atoms with E-state index in [-0.39, 0.29) is 17.9 Å². The first kappa shape index (κ1) is 18.0. The van der Waals surface area contributed by atoms with Gasteiger partial charge in [0.1, 0.15) is 5.75 Å². The lowest BCUT2D eigenvalue weighted by Gasteiger charge is -2.40. The fraction of sp³-hybridized carbons (Fsp3) is 0.450. The largest absolute Gasteiger partial charge is 0.483 e. The number of carbonyl (C=O) groups excluding carboxylic acids is 1. The van der Waals surface area contributed by atoms with Crippen LogP contribution in [0.1, 0.15) is 36.1 Å². The molecule has 1 fully saturated rings. The first-order chi connectivity index (χ1) is 13.0. The third kappa shape index (κ3) is 3.46. The number of piperidine rings is 1. The summed E-state index contributed by atoms with van der Waals surface area (Å²) >= 11 is 5.97. The molecule has 7 heteroatoms. The van der Waals surface area contributed by atoms with Crippen molar-refractivity contribution < 1.29 is 9.53 Å². The second-order valence-electron chi connectivity index (χ2n) is 7.50. The number of halogens is 1. The summed E-state index contributed by atoms with van der Waals surface area (Å²) < 4.78 is 5.75. The van der Waals surface area contributed by atoms with Gasteiger partial charge in [0.25, 0.3) is 5.91 Å². The molecule has 1 amide bonds. The summed E-state index contributed by atoms with van der Waals surface area (Å²) in [7, 11) is 0. The highest BCUT2D eigenvalue weighted by Gasteiger charge is 2.44. The number of anilines is 1. The van der Waals surface area contributed by atoms with E-state index in [0.717, 1.165) is 49.0 Å². The zero-order valence-electron chi connectivity index (χ0n) is 15.4. The van der Waals surface area contributed by atoms with Gasteiger partial charge in [-0.2, -0.15) is 0 Å². The van der Waals surface area contributed by atoms with Crippen molar-refractivity contribution in [2.24, 2.45) is 0 Å². The summed E-state index contributed by atoms with van der Waals surface area (Å²) in [5.41, 5.74) is 8.83. The van der Waals surface area contributed by atoms with Crippen molar-refractivity contribution in [1.29, 1.82) is 0 Å². The molecule has 4 rings (SSSR count). The minimum atomic E-state index is -0.101. The van der Waals surface area contributed by atoms with Gasteiger partial charge in [-0.15, -0.1) is 0 Å². The lowest BCUT2D eigenvalue weighted by molar-refractivity contribution is -0.135. The number of nitrogen functional groups attached to an aromatic ring is 1. The van der Waals surface area contributed by atoms with Gasteiger partial charge in [-0.25, -0.2) is 9.97 Å². The Morgan fingerprint density at radius 2 is 2.26 bits per heavy atom. The number of nitrogens with zero attached hydrogens (tertiary/aromatic N) is 3. The normalized spacial score (nSPS) is 21.3. The van der Waals surface area contributed by atoms with Crippen LogP contribution in [0, 0.1) is 6.92 Å². The molecule has 27 heavy (non-hydrogen) atoms. The van der Waals surface area contributed by atoms with E-state index in [2.05, 4.69) is 9.97 Å². The van der Waals surface area contributed by atoms with Gasteiger partial charge in [-0.05, 0) is 61.9 Å². The van der Waals surface area contributed by atoms with Crippen LogP contribution in [0.15, 0.2) is 24.4 Å². The van der Waals surface area contributed by atoms with Gasteiger partial charge in [-0.3, -0.25) is 4.79 Å². The van der Waals surface area contributed by atoms with Gasteiger partial charge >= 0.3 is 0 Å². The molecule has 1 aliphatic heterocycles. The Morgan fingerprint density at radius 3 is 3.07 bits per heavy atom. The van der Waals surface area contributed by atoms with Gasteiger partial charge in [0, 0.05) is 29.7 Å². The maximum atomic E-state index is 12.8. The van der Waals surface area contributed by atoms with Gasteiger partial charge in [0.15, 0.2) is 6.61 Å². The number of aryl methyl sites for hydroxylation is 2. The van der Waals surface area contributed by atoms with Crippen molar-refractivity contribution in [3.63, 3.8) is 0 Å². The van der Waals surface area contributed by atoms with E-state index in [0.29, 0.717) is 23.3 Å². The summed E-state index contributed by atoms with van der Waals surface area (Å²) in [6.45, 7) is 3.36. The smallest absolute Gasteiger partial charge is 0.260 e. The Balaban J connectivity index is 1.46. The molecule has 1 saturated heterocycles. The fourth-order valence-electron chi connectivity index (χ4n) is 4.30. The van der Waals surface area contributed by atoms with E-state index in [1.165, 1.54) is 0 Å². The highest BCUT2D eigenvalue weighted by Crippen LogP contribution is 2.44. The number of aromatic nitrogens is 2. The fourth-order valence-corrected chi connectivity index (χ4v) is 4.53. The van der Waals surface area contributed by atoms with Crippen molar-refractivity contribution in [1.82, 2.24) is 14.9 Å². The van der Waals surface area contributed by atoms with Crippen LogP contribution in [0.2, 0.25) is 5.02 Å². The van der Waals surface area contributed by atoms with E-state index in [9.17, 15) is 4.79 Å². The van der Waals surface area contributed by atoms with Gasteiger partial charge < -0.3 is 15.4 Å². The van der Waals surface area contributed by atoms with E-state index in [1.54, 1.807) is 12.1 Å². The predicted molar refractivity (Wildman–Crippen MR) is 104 cm³/mol. The molecule has 0 radical (unpaired) electrons. The summed E-state index contributed by atoms with van der Waals surface area (Å²) in [5.74, 6) is 0.991. The van der Waals surface area contributed by atoms with Crippen molar-refractivity contribution in [3.05, 3.63) is 46.2 Å². The van der Waals surface area contributed by atoms with Crippen molar-refractivity contribution >= 4 is 23.5 Å². The van der Waals surface area contributed by atoms with Gasteiger partial charge in [0.2, 0.25) is 5.95 Å². The first-order valence-corrected chi connectivity index (χ1v) is 9.63. The Hall–Kier alpha value is -2.34. The van der Waals surface area contributed by atoms with Crippen LogP contribution in [0.5, 0.6) is 5.75 Å². The number of nitrogens with two attached hydrogens (primary N) is 1. The number of carbonyl (C=O) groups is 1. The zero-order valence-corrected chi connectivity index (χ0v) is 16.1. The predicted octanol–water partition coefficient (Wildman–Crippen LogP) is 2.91. The zero-order chi connectivity index (χ0) is 19.0. The molecule has 0 saturated carbocycles. The molecular weight excluding hydrogens is 364 g/mol. The molecule has 1 aromatic carbocycles. The van der Waals surface area contributed by atoms with E-state index in [1.807, 2.05) is 24.1 Å². The Bertz CT molecular complexity index is 884. The van der Waals surface area contributed by atoms with Crippen LogP contribution in [-0.4, -0.2) is 40.5 Å². The number of rotatable bonds is 3. The van der Waals surface area contributed by atoms with E-state index >= 15 is 0 Å². The van der Waals surface area contributed by atoms with Crippen LogP contribution in [0.3, 0.4) is 0 Å². The average molecular weight is 387 g/mol. The summed E-state index contributed by atoms with van der Waals surface area (Å²) in [6.07, 6.45) is 5.74. The number of hydrogen-bond acceptors (Lipinski definition) is 5. The molecule has 0 bridgehead atoms. The van der Waals surface area contributed by atoms with Gasteiger partial charge in [-0.1, -0.05) is 11.6 Å². The molecule has 142 valence electrons. The third-order valence-electron chi connectivity index (χ3n) is 5.68. The van der Waals surface area contributed by atoms with Crippen LogP contribution in [-0.2, 0) is 16.6 Å². The number of amides is 1. The second kappa shape index (κ2) is 7.00. The van der Waals surface area contributed by atoms with Crippen molar-refractivity contribution in [3.8, 4) is 5.75 Å². The monoisotopic (exact) mass is 386 g/mol. The standard InChI is InChI=1S/C20H23ClN4O2/c1-13-9-15(21)3-4-16(13)27-11-17(26)25-8-2-6-20(12-25)7-5-14-10-23-19(22)24-18(14)20/h3-4,9-10H,2,5-8,11-12H2,1H3,(H2,22,23,24). The average Bonchev–Trinajstić information content (AvgIpc) is 2.98. The Labute approximate surface area is 163 Å².